The van der Waals surface area contributed by atoms with E-state index in [0.29, 0.717) is 18.1 Å². The van der Waals surface area contributed by atoms with Crippen molar-refractivity contribution in [3.8, 4) is 0 Å². The van der Waals surface area contributed by atoms with Crippen molar-refractivity contribution in [2.75, 3.05) is 49.5 Å². The molecule has 0 saturated carbocycles. The van der Waals surface area contributed by atoms with Gasteiger partial charge >= 0.3 is 5.97 Å². The van der Waals surface area contributed by atoms with Crippen LogP contribution in [0.1, 0.15) is 29.9 Å². The van der Waals surface area contributed by atoms with E-state index in [4.69, 9.17) is 4.74 Å². The lowest BCUT2D eigenvalue weighted by Crippen LogP contribution is -2.46. The molecule has 1 aliphatic heterocycles. The first-order valence-corrected chi connectivity index (χ1v) is 9.46. The lowest BCUT2D eigenvalue weighted by Gasteiger charge is -2.34. The Labute approximate surface area is 160 Å². The third-order valence-corrected chi connectivity index (χ3v) is 4.64. The van der Waals surface area contributed by atoms with Gasteiger partial charge in [-0.3, -0.25) is 0 Å². The van der Waals surface area contributed by atoms with Crippen LogP contribution in [0, 0.1) is 6.92 Å². The summed E-state index contributed by atoms with van der Waals surface area (Å²) in [5.41, 5.74) is 2.28. The zero-order valence-electron chi connectivity index (χ0n) is 16.2. The Hall–Kier alpha value is -2.67. The molecule has 7 heteroatoms. The van der Waals surface area contributed by atoms with Gasteiger partial charge in [0, 0.05) is 43.6 Å². The maximum atomic E-state index is 11.7. The number of aromatic nitrogens is 2. The van der Waals surface area contributed by atoms with Crippen molar-refractivity contribution in [3.63, 3.8) is 0 Å². The minimum absolute atomic E-state index is 0.315. The van der Waals surface area contributed by atoms with Crippen LogP contribution in [0.25, 0.3) is 0 Å². The Balaban J connectivity index is 1.70. The van der Waals surface area contributed by atoms with E-state index in [2.05, 4.69) is 32.0 Å². The second-order valence-electron chi connectivity index (χ2n) is 6.54. The number of nitrogens with one attached hydrogen (secondary N) is 1. The molecule has 144 valence electrons. The SMILES string of the molecule is CCOC(=O)c1ccc(Nc2nc(C)cc(N3CCN(CC)CC3)n2)cc1. The fraction of sp³-hybridized carbons (Fsp3) is 0.450. The van der Waals surface area contributed by atoms with Gasteiger partial charge in [-0.2, -0.15) is 4.98 Å². The molecule has 0 radical (unpaired) electrons. The zero-order valence-corrected chi connectivity index (χ0v) is 16.2. The molecule has 2 heterocycles. The summed E-state index contributed by atoms with van der Waals surface area (Å²) in [6.45, 7) is 11.5. The highest BCUT2D eigenvalue weighted by Gasteiger charge is 2.18. The van der Waals surface area contributed by atoms with E-state index in [1.54, 1.807) is 19.1 Å². The number of anilines is 3. The monoisotopic (exact) mass is 369 g/mol. The first-order valence-electron chi connectivity index (χ1n) is 9.46. The number of benzene rings is 1. The molecule has 2 aromatic rings. The topological polar surface area (TPSA) is 70.6 Å². The van der Waals surface area contributed by atoms with Gasteiger partial charge in [0.1, 0.15) is 5.82 Å². The summed E-state index contributed by atoms with van der Waals surface area (Å²) in [4.78, 5) is 25.7. The number of hydrogen-bond donors (Lipinski definition) is 1. The molecule has 7 nitrogen and oxygen atoms in total. The molecule has 1 saturated heterocycles. The Morgan fingerprint density at radius 3 is 2.44 bits per heavy atom. The van der Waals surface area contributed by atoms with Crippen LogP contribution in [-0.4, -0.2) is 60.2 Å². The van der Waals surface area contributed by atoms with Gasteiger partial charge in [0.15, 0.2) is 0 Å². The number of likely N-dealkylation sites (N-methyl/N-ethyl adjacent to an activating group) is 1. The molecule has 1 fully saturated rings. The summed E-state index contributed by atoms with van der Waals surface area (Å²) < 4.78 is 5.01. The van der Waals surface area contributed by atoms with Crippen LogP contribution in [0.15, 0.2) is 30.3 Å². The maximum Gasteiger partial charge on any atom is 0.338 e. The van der Waals surface area contributed by atoms with E-state index in [0.717, 1.165) is 49.9 Å². The number of aryl methyl sites for hydroxylation is 1. The number of carbonyl (C=O) groups excluding carboxylic acids is 1. The minimum atomic E-state index is -0.315. The third-order valence-electron chi connectivity index (χ3n) is 4.64. The van der Waals surface area contributed by atoms with Gasteiger partial charge in [-0.25, -0.2) is 9.78 Å². The molecule has 27 heavy (non-hydrogen) atoms. The number of piperazine rings is 1. The molecule has 1 aliphatic rings. The molecule has 0 amide bonds. The van der Waals surface area contributed by atoms with Crippen molar-refractivity contribution >= 4 is 23.4 Å². The van der Waals surface area contributed by atoms with Crippen molar-refractivity contribution in [2.24, 2.45) is 0 Å². The molecule has 0 aliphatic carbocycles. The lowest BCUT2D eigenvalue weighted by molar-refractivity contribution is 0.0526. The molecule has 0 atom stereocenters. The highest BCUT2D eigenvalue weighted by Crippen LogP contribution is 2.20. The highest BCUT2D eigenvalue weighted by molar-refractivity contribution is 5.89. The molecule has 1 aromatic carbocycles. The first-order chi connectivity index (χ1) is 13.1. The van der Waals surface area contributed by atoms with Gasteiger partial charge in [-0.05, 0) is 44.7 Å². The van der Waals surface area contributed by atoms with Gasteiger partial charge in [0.2, 0.25) is 5.95 Å². The lowest BCUT2D eigenvalue weighted by atomic mass is 10.2. The summed E-state index contributed by atoms with van der Waals surface area (Å²) in [7, 11) is 0. The number of esters is 1. The first kappa shape index (κ1) is 19.1. The van der Waals surface area contributed by atoms with E-state index < -0.39 is 0 Å². The van der Waals surface area contributed by atoms with Crippen molar-refractivity contribution in [2.45, 2.75) is 20.8 Å². The Bertz CT molecular complexity index is 770. The zero-order chi connectivity index (χ0) is 19.2. The van der Waals surface area contributed by atoms with E-state index in [9.17, 15) is 4.79 Å². The van der Waals surface area contributed by atoms with Gasteiger partial charge in [0.25, 0.3) is 0 Å². The fourth-order valence-electron chi connectivity index (χ4n) is 3.10. The summed E-state index contributed by atoms with van der Waals surface area (Å²) in [6.07, 6.45) is 0. The fourth-order valence-corrected chi connectivity index (χ4v) is 3.10. The van der Waals surface area contributed by atoms with Crippen LogP contribution in [0.3, 0.4) is 0 Å². The number of nitrogens with zero attached hydrogens (tertiary/aromatic N) is 4. The molecule has 1 N–H and O–H groups in total. The maximum absolute atomic E-state index is 11.7. The smallest absolute Gasteiger partial charge is 0.338 e. The van der Waals surface area contributed by atoms with Crippen LogP contribution in [0.2, 0.25) is 0 Å². The average Bonchev–Trinajstić information content (AvgIpc) is 2.68. The quantitative estimate of drug-likeness (QED) is 0.785. The highest BCUT2D eigenvalue weighted by atomic mass is 16.5. The number of ether oxygens (including phenoxy) is 1. The van der Waals surface area contributed by atoms with Crippen molar-refractivity contribution in [3.05, 3.63) is 41.6 Å². The molecule has 0 unspecified atom stereocenters. The van der Waals surface area contributed by atoms with E-state index >= 15 is 0 Å². The van der Waals surface area contributed by atoms with Crippen LogP contribution >= 0.6 is 0 Å². The second-order valence-corrected chi connectivity index (χ2v) is 6.54. The van der Waals surface area contributed by atoms with Gasteiger partial charge in [-0.1, -0.05) is 6.92 Å². The van der Waals surface area contributed by atoms with Crippen LogP contribution in [-0.2, 0) is 4.74 Å². The van der Waals surface area contributed by atoms with E-state index in [1.165, 1.54) is 0 Å². The summed E-state index contributed by atoms with van der Waals surface area (Å²) in [6, 6.07) is 9.16. The van der Waals surface area contributed by atoms with E-state index in [-0.39, 0.29) is 5.97 Å². The summed E-state index contributed by atoms with van der Waals surface area (Å²) in [5.74, 6) is 1.19. The molecule has 1 aromatic heterocycles. The van der Waals surface area contributed by atoms with Crippen LogP contribution in [0.4, 0.5) is 17.5 Å². The molecule has 0 bridgehead atoms. The third kappa shape index (κ3) is 4.95. The molecule has 0 spiro atoms. The number of carbonyl (C=O) groups is 1. The molecular formula is C20H27N5O2. The van der Waals surface area contributed by atoms with Gasteiger partial charge in [-0.15, -0.1) is 0 Å². The Kier molecular flexibility index (Phi) is 6.24. The van der Waals surface area contributed by atoms with Crippen molar-refractivity contribution in [1.29, 1.82) is 0 Å². The van der Waals surface area contributed by atoms with Gasteiger partial charge in [0.05, 0.1) is 12.2 Å². The van der Waals surface area contributed by atoms with Crippen molar-refractivity contribution < 1.29 is 9.53 Å². The molecule has 3 rings (SSSR count). The Morgan fingerprint density at radius 1 is 1.11 bits per heavy atom. The average molecular weight is 369 g/mol. The molecular weight excluding hydrogens is 342 g/mol. The van der Waals surface area contributed by atoms with Crippen LogP contribution < -0.4 is 10.2 Å². The second kappa shape index (κ2) is 8.81. The predicted octanol–water partition coefficient (Wildman–Crippen LogP) is 2.85. The standard InChI is InChI=1S/C20H27N5O2/c1-4-24-10-12-25(13-11-24)18-14-15(3)21-20(23-18)22-17-8-6-16(7-9-17)19(26)27-5-2/h6-9,14H,4-5,10-13H2,1-3H3,(H,21,22,23). The summed E-state index contributed by atoms with van der Waals surface area (Å²) >= 11 is 0. The number of hydrogen-bond acceptors (Lipinski definition) is 7. The van der Waals surface area contributed by atoms with Gasteiger partial charge < -0.3 is 19.9 Å². The predicted molar refractivity (Wildman–Crippen MR) is 107 cm³/mol. The van der Waals surface area contributed by atoms with E-state index in [1.807, 2.05) is 25.1 Å². The van der Waals surface area contributed by atoms with Crippen LogP contribution in [0.5, 0.6) is 0 Å². The summed E-state index contributed by atoms with van der Waals surface area (Å²) in [5, 5.41) is 3.23. The largest absolute Gasteiger partial charge is 0.462 e. The minimum Gasteiger partial charge on any atom is -0.462 e. The normalized spacial score (nSPS) is 14.9. The van der Waals surface area contributed by atoms with Crippen molar-refractivity contribution in [1.82, 2.24) is 14.9 Å². The Morgan fingerprint density at radius 2 is 1.81 bits per heavy atom. The number of rotatable bonds is 6.